The maximum Gasteiger partial charge on any atom is 0.269 e. The van der Waals surface area contributed by atoms with Crippen LogP contribution in [-0.2, 0) is 0 Å². The van der Waals surface area contributed by atoms with Gasteiger partial charge in [-0.2, -0.15) is 0 Å². The number of hydrogen-bond donors (Lipinski definition) is 1. The zero-order chi connectivity index (χ0) is 12.7. The Labute approximate surface area is 104 Å². The molecule has 3 heteroatoms. The monoisotopic (exact) mass is 234 g/mol. The third-order valence-corrected chi connectivity index (χ3v) is 2.75. The number of nitrogens with one attached hydrogen (secondary N) is 1. The average Bonchev–Trinajstić information content (AvgIpc) is 2.34. The molecule has 0 aliphatic rings. The van der Waals surface area contributed by atoms with Crippen LogP contribution in [0, 0.1) is 11.8 Å². The molecule has 0 spiro atoms. The summed E-state index contributed by atoms with van der Waals surface area (Å²) in [6.07, 6.45) is 4.00. The van der Waals surface area contributed by atoms with E-state index in [2.05, 4.69) is 31.1 Å². The molecule has 0 aliphatic heterocycles. The predicted molar refractivity (Wildman–Crippen MR) is 69.8 cm³/mol. The second-order valence-corrected chi connectivity index (χ2v) is 5.00. The van der Waals surface area contributed by atoms with Crippen molar-refractivity contribution < 1.29 is 4.79 Å². The lowest BCUT2D eigenvalue weighted by Gasteiger charge is -2.13. The molecular weight excluding hydrogens is 212 g/mol. The van der Waals surface area contributed by atoms with Gasteiger partial charge in [-0.15, -0.1) is 0 Å². The van der Waals surface area contributed by atoms with E-state index in [4.69, 9.17) is 0 Å². The van der Waals surface area contributed by atoms with Crippen molar-refractivity contribution in [3.05, 3.63) is 30.1 Å². The van der Waals surface area contributed by atoms with Gasteiger partial charge in [0.1, 0.15) is 5.69 Å². The highest BCUT2D eigenvalue weighted by atomic mass is 16.1. The SMILES string of the molecule is CC(C)CCC(C)CNC(=O)c1ccccn1. The molecule has 1 aromatic rings. The maximum atomic E-state index is 11.7. The highest BCUT2D eigenvalue weighted by Crippen LogP contribution is 2.10. The average molecular weight is 234 g/mol. The Balaban J connectivity index is 2.29. The Morgan fingerprint density at radius 2 is 2.06 bits per heavy atom. The Kier molecular flexibility index (Phi) is 5.67. The van der Waals surface area contributed by atoms with E-state index in [1.54, 1.807) is 12.3 Å². The number of nitrogens with zero attached hydrogens (tertiary/aromatic N) is 1. The van der Waals surface area contributed by atoms with Gasteiger partial charge in [0.2, 0.25) is 0 Å². The van der Waals surface area contributed by atoms with Crippen molar-refractivity contribution in [2.45, 2.75) is 33.6 Å². The first-order valence-corrected chi connectivity index (χ1v) is 6.28. The van der Waals surface area contributed by atoms with Crippen LogP contribution in [0.1, 0.15) is 44.1 Å². The van der Waals surface area contributed by atoms with Gasteiger partial charge in [0.05, 0.1) is 0 Å². The van der Waals surface area contributed by atoms with Crippen LogP contribution in [0.5, 0.6) is 0 Å². The smallest absolute Gasteiger partial charge is 0.269 e. The molecule has 17 heavy (non-hydrogen) atoms. The highest BCUT2D eigenvalue weighted by Gasteiger charge is 2.08. The summed E-state index contributed by atoms with van der Waals surface area (Å²) in [5.74, 6) is 1.16. The first-order chi connectivity index (χ1) is 8.09. The van der Waals surface area contributed by atoms with Crippen LogP contribution in [-0.4, -0.2) is 17.4 Å². The van der Waals surface area contributed by atoms with Gasteiger partial charge in [-0.1, -0.05) is 33.3 Å². The second kappa shape index (κ2) is 7.05. The quantitative estimate of drug-likeness (QED) is 0.822. The number of rotatable bonds is 6. The number of amides is 1. The standard InChI is InChI=1S/C14H22N2O/c1-11(2)7-8-12(3)10-16-14(17)13-6-4-5-9-15-13/h4-6,9,11-12H,7-8,10H2,1-3H3,(H,16,17). The molecule has 1 unspecified atom stereocenters. The Morgan fingerprint density at radius 1 is 1.29 bits per heavy atom. The summed E-state index contributed by atoms with van der Waals surface area (Å²) in [5.41, 5.74) is 0.489. The molecule has 0 saturated carbocycles. The number of carbonyl (C=O) groups excluding carboxylic acids is 1. The van der Waals surface area contributed by atoms with E-state index in [1.165, 1.54) is 6.42 Å². The van der Waals surface area contributed by atoms with Gasteiger partial charge in [0.15, 0.2) is 0 Å². The molecule has 0 aromatic carbocycles. The minimum atomic E-state index is -0.0815. The maximum absolute atomic E-state index is 11.7. The van der Waals surface area contributed by atoms with Gasteiger partial charge in [0.25, 0.3) is 5.91 Å². The third-order valence-electron chi connectivity index (χ3n) is 2.75. The van der Waals surface area contributed by atoms with E-state index in [-0.39, 0.29) is 5.91 Å². The Morgan fingerprint density at radius 3 is 2.65 bits per heavy atom. The van der Waals surface area contributed by atoms with E-state index in [0.717, 1.165) is 18.9 Å². The Bertz CT molecular complexity index is 335. The lowest BCUT2D eigenvalue weighted by Crippen LogP contribution is -2.29. The largest absolute Gasteiger partial charge is 0.350 e. The van der Waals surface area contributed by atoms with Crippen molar-refractivity contribution in [1.82, 2.24) is 10.3 Å². The van der Waals surface area contributed by atoms with Gasteiger partial charge in [0, 0.05) is 12.7 Å². The number of aromatic nitrogens is 1. The Hall–Kier alpha value is -1.38. The van der Waals surface area contributed by atoms with Crippen LogP contribution in [0.25, 0.3) is 0 Å². The predicted octanol–water partition coefficient (Wildman–Crippen LogP) is 2.88. The van der Waals surface area contributed by atoms with E-state index in [0.29, 0.717) is 11.6 Å². The molecular formula is C14H22N2O. The molecule has 0 fully saturated rings. The van der Waals surface area contributed by atoms with Gasteiger partial charge in [-0.25, -0.2) is 0 Å². The third kappa shape index (κ3) is 5.48. The van der Waals surface area contributed by atoms with Crippen molar-refractivity contribution >= 4 is 5.91 Å². The topological polar surface area (TPSA) is 42.0 Å². The zero-order valence-electron chi connectivity index (χ0n) is 10.9. The van der Waals surface area contributed by atoms with Gasteiger partial charge in [-0.05, 0) is 30.4 Å². The molecule has 1 N–H and O–H groups in total. The lowest BCUT2D eigenvalue weighted by atomic mass is 9.99. The first-order valence-electron chi connectivity index (χ1n) is 6.28. The molecule has 0 aliphatic carbocycles. The van der Waals surface area contributed by atoms with E-state index < -0.39 is 0 Å². The van der Waals surface area contributed by atoms with Crippen LogP contribution < -0.4 is 5.32 Å². The van der Waals surface area contributed by atoms with Gasteiger partial charge >= 0.3 is 0 Å². The number of carbonyl (C=O) groups is 1. The van der Waals surface area contributed by atoms with Crippen molar-refractivity contribution in [3.8, 4) is 0 Å². The fourth-order valence-electron chi connectivity index (χ4n) is 1.57. The van der Waals surface area contributed by atoms with Crippen LogP contribution in [0.2, 0.25) is 0 Å². The van der Waals surface area contributed by atoms with Crippen LogP contribution in [0.15, 0.2) is 24.4 Å². The summed E-state index contributed by atoms with van der Waals surface area (Å²) in [4.78, 5) is 15.7. The zero-order valence-corrected chi connectivity index (χ0v) is 10.9. The summed E-state index contributed by atoms with van der Waals surface area (Å²) >= 11 is 0. The van der Waals surface area contributed by atoms with Crippen LogP contribution >= 0.6 is 0 Å². The summed E-state index contributed by atoms with van der Waals surface area (Å²) in [6.45, 7) is 7.33. The van der Waals surface area contributed by atoms with Gasteiger partial charge < -0.3 is 5.32 Å². The van der Waals surface area contributed by atoms with E-state index in [9.17, 15) is 4.79 Å². The normalized spacial score (nSPS) is 12.5. The molecule has 0 saturated heterocycles. The first kappa shape index (κ1) is 13.7. The fraction of sp³-hybridized carbons (Fsp3) is 0.571. The number of pyridine rings is 1. The number of hydrogen-bond acceptors (Lipinski definition) is 2. The molecule has 1 heterocycles. The summed E-state index contributed by atoms with van der Waals surface area (Å²) in [7, 11) is 0. The van der Waals surface area contributed by atoms with Crippen molar-refractivity contribution in [3.63, 3.8) is 0 Å². The van der Waals surface area contributed by atoms with E-state index >= 15 is 0 Å². The minimum Gasteiger partial charge on any atom is -0.350 e. The summed E-state index contributed by atoms with van der Waals surface area (Å²) in [6, 6.07) is 5.36. The van der Waals surface area contributed by atoms with E-state index in [1.807, 2.05) is 12.1 Å². The van der Waals surface area contributed by atoms with Crippen LogP contribution in [0.4, 0.5) is 0 Å². The molecule has 1 amide bonds. The van der Waals surface area contributed by atoms with Crippen LogP contribution in [0.3, 0.4) is 0 Å². The van der Waals surface area contributed by atoms with Crippen molar-refractivity contribution in [1.29, 1.82) is 0 Å². The fourth-order valence-corrected chi connectivity index (χ4v) is 1.57. The minimum absolute atomic E-state index is 0.0815. The van der Waals surface area contributed by atoms with Crippen molar-refractivity contribution in [2.75, 3.05) is 6.54 Å². The molecule has 0 radical (unpaired) electrons. The molecule has 1 aromatic heterocycles. The molecule has 3 nitrogen and oxygen atoms in total. The molecule has 0 bridgehead atoms. The lowest BCUT2D eigenvalue weighted by molar-refractivity contribution is 0.0942. The summed E-state index contributed by atoms with van der Waals surface area (Å²) < 4.78 is 0. The molecule has 1 atom stereocenters. The summed E-state index contributed by atoms with van der Waals surface area (Å²) in [5, 5.41) is 2.92. The van der Waals surface area contributed by atoms with Gasteiger partial charge in [-0.3, -0.25) is 9.78 Å². The highest BCUT2D eigenvalue weighted by molar-refractivity contribution is 5.92. The van der Waals surface area contributed by atoms with Crippen molar-refractivity contribution in [2.24, 2.45) is 11.8 Å². The second-order valence-electron chi connectivity index (χ2n) is 5.00. The molecule has 1 rings (SSSR count). The molecule has 94 valence electrons.